The van der Waals surface area contributed by atoms with Crippen LogP contribution < -0.4 is 5.32 Å². The first-order valence-electron chi connectivity index (χ1n) is 9.67. The van der Waals surface area contributed by atoms with Crippen molar-refractivity contribution in [3.05, 3.63) is 29.8 Å². The van der Waals surface area contributed by atoms with Crippen LogP contribution in [-0.2, 0) is 9.59 Å². The maximum atomic E-state index is 13.0. The van der Waals surface area contributed by atoms with Gasteiger partial charge in [-0.1, -0.05) is 31.0 Å². The maximum Gasteiger partial charge on any atom is 0.335 e. The van der Waals surface area contributed by atoms with E-state index >= 15 is 0 Å². The molecule has 1 saturated carbocycles. The lowest BCUT2D eigenvalue weighted by Gasteiger charge is -2.30. The minimum absolute atomic E-state index is 0.0273. The molecule has 150 valence electrons. The number of nitrogens with zero attached hydrogens (tertiary/aromatic N) is 2. The molecule has 2 N–H and O–H groups in total. The molecule has 7 nitrogen and oxygen atoms in total. The van der Waals surface area contributed by atoms with E-state index in [1.165, 1.54) is 30.3 Å². The standard InChI is InChI=1S/C20H25N3O4S/c1-2-21-20-23(15-6-4-3-5-7-15)18(25)16(28-20)12-17(24)22-14-10-8-13(9-11-14)19(26)27/h8-11,15-16H,2-7,12H2,1H3,(H,22,24)(H,26,27). The van der Waals surface area contributed by atoms with Crippen LogP contribution in [0.5, 0.6) is 0 Å². The minimum atomic E-state index is -1.02. The fourth-order valence-electron chi connectivity index (χ4n) is 3.61. The zero-order valence-electron chi connectivity index (χ0n) is 15.9. The first-order valence-corrected chi connectivity index (χ1v) is 10.5. The number of amides is 2. The van der Waals surface area contributed by atoms with Gasteiger partial charge in [-0.25, -0.2) is 4.79 Å². The molecule has 0 aromatic heterocycles. The smallest absolute Gasteiger partial charge is 0.335 e. The molecule has 3 rings (SSSR count). The summed E-state index contributed by atoms with van der Waals surface area (Å²) in [6, 6.07) is 6.15. The van der Waals surface area contributed by atoms with Crippen LogP contribution in [0, 0.1) is 0 Å². The number of nitrogens with one attached hydrogen (secondary N) is 1. The van der Waals surface area contributed by atoms with Crippen LogP contribution in [0.2, 0.25) is 0 Å². The second-order valence-electron chi connectivity index (χ2n) is 7.00. The first kappa shape index (κ1) is 20.4. The number of anilines is 1. The number of thioether (sulfide) groups is 1. The summed E-state index contributed by atoms with van der Waals surface area (Å²) in [5.41, 5.74) is 0.667. The number of hydrogen-bond donors (Lipinski definition) is 2. The van der Waals surface area contributed by atoms with Gasteiger partial charge in [-0.2, -0.15) is 0 Å². The van der Waals surface area contributed by atoms with Gasteiger partial charge in [0.2, 0.25) is 11.8 Å². The van der Waals surface area contributed by atoms with Crippen molar-refractivity contribution in [2.24, 2.45) is 4.99 Å². The molecule has 1 saturated heterocycles. The van der Waals surface area contributed by atoms with Gasteiger partial charge in [0.05, 0.1) is 5.56 Å². The highest BCUT2D eigenvalue weighted by atomic mass is 32.2. The summed E-state index contributed by atoms with van der Waals surface area (Å²) in [6.07, 6.45) is 5.49. The molecule has 1 aliphatic heterocycles. The third-order valence-corrected chi connectivity index (χ3v) is 6.18. The lowest BCUT2D eigenvalue weighted by Crippen LogP contribution is -2.42. The summed E-state index contributed by atoms with van der Waals surface area (Å²) >= 11 is 1.38. The summed E-state index contributed by atoms with van der Waals surface area (Å²) < 4.78 is 0. The molecule has 1 unspecified atom stereocenters. The Labute approximate surface area is 168 Å². The number of hydrogen-bond acceptors (Lipinski definition) is 5. The number of aliphatic imine (C=N–C) groups is 1. The number of amidine groups is 1. The van der Waals surface area contributed by atoms with E-state index in [2.05, 4.69) is 10.3 Å². The highest BCUT2D eigenvalue weighted by Crippen LogP contribution is 2.35. The van der Waals surface area contributed by atoms with Crippen molar-refractivity contribution < 1.29 is 19.5 Å². The minimum Gasteiger partial charge on any atom is -0.478 e. The molecule has 1 heterocycles. The first-order chi connectivity index (χ1) is 13.5. The average Bonchev–Trinajstić information content (AvgIpc) is 2.98. The number of carbonyl (C=O) groups is 3. The van der Waals surface area contributed by atoms with Crippen LogP contribution in [0.3, 0.4) is 0 Å². The molecule has 2 aliphatic rings. The summed E-state index contributed by atoms with van der Waals surface area (Å²) in [7, 11) is 0. The van der Waals surface area contributed by atoms with Crippen molar-refractivity contribution >= 4 is 40.4 Å². The molecule has 0 bridgehead atoms. The van der Waals surface area contributed by atoms with Crippen LogP contribution >= 0.6 is 11.8 Å². The second kappa shape index (κ2) is 9.23. The molecule has 0 radical (unpaired) electrons. The average molecular weight is 404 g/mol. The van der Waals surface area contributed by atoms with Crippen LogP contribution in [0.4, 0.5) is 5.69 Å². The molecule has 1 atom stereocenters. The molecule has 1 aromatic rings. The SMILES string of the molecule is CCN=C1SC(CC(=O)Nc2ccc(C(=O)O)cc2)C(=O)N1C1CCCCC1. The van der Waals surface area contributed by atoms with Gasteiger partial charge in [-0.05, 0) is 44.0 Å². The van der Waals surface area contributed by atoms with E-state index in [0.717, 1.165) is 30.9 Å². The molecule has 2 fully saturated rings. The third kappa shape index (κ3) is 4.73. The summed E-state index contributed by atoms with van der Waals surface area (Å²) in [4.78, 5) is 42.6. The van der Waals surface area contributed by atoms with Gasteiger partial charge in [-0.3, -0.25) is 19.5 Å². The molecule has 1 aliphatic carbocycles. The Balaban J connectivity index is 1.64. The summed E-state index contributed by atoms with van der Waals surface area (Å²) in [6.45, 7) is 2.55. The molecule has 2 amide bonds. The molecule has 28 heavy (non-hydrogen) atoms. The molecular formula is C20H25N3O4S. The maximum absolute atomic E-state index is 13.0. The molecule has 0 spiro atoms. The fourth-order valence-corrected chi connectivity index (χ4v) is 4.87. The van der Waals surface area contributed by atoms with Crippen molar-refractivity contribution in [3.8, 4) is 0 Å². The third-order valence-electron chi connectivity index (χ3n) is 4.99. The van der Waals surface area contributed by atoms with Crippen LogP contribution in [0.15, 0.2) is 29.3 Å². The van der Waals surface area contributed by atoms with Gasteiger partial charge < -0.3 is 10.4 Å². The van der Waals surface area contributed by atoms with E-state index in [-0.39, 0.29) is 29.8 Å². The molecule has 1 aromatic carbocycles. The Morgan fingerprint density at radius 2 is 1.89 bits per heavy atom. The zero-order chi connectivity index (χ0) is 20.1. The lowest BCUT2D eigenvalue weighted by atomic mass is 9.94. The van der Waals surface area contributed by atoms with E-state index in [1.807, 2.05) is 11.8 Å². The van der Waals surface area contributed by atoms with Gasteiger partial charge in [-0.15, -0.1) is 0 Å². The predicted octanol–water partition coefficient (Wildman–Crippen LogP) is 3.37. The summed E-state index contributed by atoms with van der Waals surface area (Å²) in [5, 5.41) is 11.9. The Morgan fingerprint density at radius 3 is 2.50 bits per heavy atom. The van der Waals surface area contributed by atoms with E-state index < -0.39 is 11.2 Å². The number of carboxylic acid groups (broad SMARTS) is 1. The van der Waals surface area contributed by atoms with Gasteiger partial charge in [0.1, 0.15) is 5.25 Å². The Bertz CT molecular complexity index is 772. The highest BCUT2D eigenvalue weighted by molar-refractivity contribution is 8.15. The second-order valence-corrected chi connectivity index (χ2v) is 8.17. The monoisotopic (exact) mass is 403 g/mol. The van der Waals surface area contributed by atoms with Crippen LogP contribution in [0.1, 0.15) is 55.8 Å². The Morgan fingerprint density at radius 1 is 1.21 bits per heavy atom. The summed E-state index contributed by atoms with van der Waals surface area (Å²) in [5.74, 6) is -1.31. The fraction of sp³-hybridized carbons (Fsp3) is 0.500. The quantitative estimate of drug-likeness (QED) is 0.759. The predicted molar refractivity (Wildman–Crippen MR) is 110 cm³/mol. The number of benzene rings is 1. The van der Waals surface area contributed by atoms with Crippen molar-refractivity contribution in [1.29, 1.82) is 0 Å². The van der Waals surface area contributed by atoms with E-state index in [4.69, 9.17) is 5.11 Å². The highest BCUT2D eigenvalue weighted by Gasteiger charge is 2.42. The number of carbonyl (C=O) groups excluding carboxylic acids is 2. The van der Waals surface area contributed by atoms with Crippen molar-refractivity contribution in [2.75, 3.05) is 11.9 Å². The number of aromatic carboxylic acids is 1. The van der Waals surface area contributed by atoms with Crippen molar-refractivity contribution in [2.45, 2.75) is 56.7 Å². The Kier molecular flexibility index (Phi) is 6.72. The van der Waals surface area contributed by atoms with E-state index in [1.54, 1.807) is 12.1 Å². The zero-order valence-corrected chi connectivity index (χ0v) is 16.7. The number of rotatable bonds is 6. The van der Waals surface area contributed by atoms with Gasteiger partial charge in [0, 0.05) is 24.7 Å². The van der Waals surface area contributed by atoms with E-state index in [0.29, 0.717) is 12.2 Å². The number of carboxylic acids is 1. The topological polar surface area (TPSA) is 99.1 Å². The molecular weight excluding hydrogens is 378 g/mol. The van der Waals surface area contributed by atoms with E-state index in [9.17, 15) is 14.4 Å². The Hall–Kier alpha value is -2.35. The normalized spacial score (nSPS) is 21.9. The largest absolute Gasteiger partial charge is 0.478 e. The van der Waals surface area contributed by atoms with Crippen molar-refractivity contribution in [1.82, 2.24) is 4.90 Å². The lowest BCUT2D eigenvalue weighted by molar-refractivity contribution is -0.130. The van der Waals surface area contributed by atoms with Gasteiger partial charge in [0.15, 0.2) is 5.17 Å². The van der Waals surface area contributed by atoms with Crippen molar-refractivity contribution in [3.63, 3.8) is 0 Å². The van der Waals surface area contributed by atoms with Crippen LogP contribution in [0.25, 0.3) is 0 Å². The van der Waals surface area contributed by atoms with Crippen LogP contribution in [-0.4, -0.2) is 50.8 Å². The van der Waals surface area contributed by atoms with Gasteiger partial charge >= 0.3 is 5.97 Å². The van der Waals surface area contributed by atoms with Gasteiger partial charge in [0.25, 0.3) is 0 Å². The molecule has 8 heteroatoms.